The number of aromatic hydroxyl groups is 1. The van der Waals surface area contributed by atoms with Crippen molar-refractivity contribution >= 4 is 5.91 Å². The van der Waals surface area contributed by atoms with Gasteiger partial charge in [0.1, 0.15) is 17.4 Å². The van der Waals surface area contributed by atoms with E-state index in [-0.39, 0.29) is 17.2 Å². The molecule has 0 radical (unpaired) electrons. The first-order valence-corrected chi connectivity index (χ1v) is 11.1. The summed E-state index contributed by atoms with van der Waals surface area (Å²) in [5, 5.41) is 24.8. The summed E-state index contributed by atoms with van der Waals surface area (Å²) < 4.78 is 0. The van der Waals surface area contributed by atoms with Gasteiger partial charge in [-0.1, -0.05) is 69.9 Å². The van der Waals surface area contributed by atoms with Crippen molar-refractivity contribution in [3.8, 4) is 11.8 Å². The number of hydrogen-bond acceptors (Lipinski definition) is 4. The highest BCUT2D eigenvalue weighted by Gasteiger charge is 2.11. The zero-order valence-electron chi connectivity index (χ0n) is 17.5. The number of phenolic OH excluding ortho intramolecular Hbond substituents is 1. The van der Waals surface area contributed by atoms with Crippen molar-refractivity contribution in [2.75, 3.05) is 6.54 Å². The molecule has 0 spiro atoms. The molecule has 1 aliphatic rings. The summed E-state index contributed by atoms with van der Waals surface area (Å²) in [4.78, 5) is 12.3. The van der Waals surface area contributed by atoms with E-state index in [2.05, 4.69) is 10.6 Å². The summed E-state index contributed by atoms with van der Waals surface area (Å²) in [5.74, 6) is -0.114. The number of nitriles is 1. The van der Waals surface area contributed by atoms with E-state index in [9.17, 15) is 15.2 Å². The van der Waals surface area contributed by atoms with Crippen LogP contribution in [0.2, 0.25) is 0 Å². The Morgan fingerprint density at radius 3 is 2.10 bits per heavy atom. The number of benzene rings is 1. The number of carbonyl (C=O) groups excluding carboxylic acids is 1. The first-order chi connectivity index (χ1) is 14.2. The van der Waals surface area contributed by atoms with Crippen LogP contribution in [0.25, 0.3) is 0 Å². The van der Waals surface area contributed by atoms with Gasteiger partial charge >= 0.3 is 0 Å². The van der Waals surface area contributed by atoms with Crippen molar-refractivity contribution in [3.05, 3.63) is 41.6 Å². The van der Waals surface area contributed by atoms with Gasteiger partial charge in [0, 0.05) is 18.8 Å². The maximum Gasteiger partial charge on any atom is 0.263 e. The average molecular weight is 398 g/mol. The number of hydrogen-bond donors (Lipinski definition) is 3. The Labute approximate surface area is 175 Å². The first kappa shape index (κ1) is 22.8. The molecule has 0 saturated heterocycles. The zero-order chi connectivity index (χ0) is 20.7. The van der Waals surface area contributed by atoms with Gasteiger partial charge in [-0.2, -0.15) is 5.26 Å². The SMILES string of the molecule is N#C/C(=C/NC1CCCCCCCCCCC1)C(=O)NCCc1ccc(O)cc1. The molecular formula is C24H35N3O2. The van der Waals surface area contributed by atoms with Crippen LogP contribution in [0.1, 0.15) is 76.2 Å². The summed E-state index contributed by atoms with van der Waals surface area (Å²) in [5.41, 5.74) is 1.15. The normalized spacial score (nSPS) is 17.4. The smallest absolute Gasteiger partial charge is 0.263 e. The van der Waals surface area contributed by atoms with Crippen molar-refractivity contribution in [3.63, 3.8) is 0 Å². The predicted molar refractivity (Wildman–Crippen MR) is 116 cm³/mol. The summed E-state index contributed by atoms with van der Waals surface area (Å²) in [6, 6.07) is 9.27. The minimum atomic E-state index is -0.341. The minimum Gasteiger partial charge on any atom is -0.508 e. The second kappa shape index (κ2) is 13.7. The third-order valence-corrected chi connectivity index (χ3v) is 5.57. The van der Waals surface area contributed by atoms with Crippen molar-refractivity contribution in [1.29, 1.82) is 5.26 Å². The predicted octanol–water partition coefficient (Wildman–Crippen LogP) is 4.72. The van der Waals surface area contributed by atoms with Crippen molar-refractivity contribution < 1.29 is 9.90 Å². The highest BCUT2D eigenvalue weighted by Crippen LogP contribution is 2.17. The van der Waals surface area contributed by atoms with Gasteiger partial charge in [-0.3, -0.25) is 4.79 Å². The van der Waals surface area contributed by atoms with Crippen LogP contribution >= 0.6 is 0 Å². The topological polar surface area (TPSA) is 85.2 Å². The average Bonchev–Trinajstić information content (AvgIpc) is 2.71. The lowest BCUT2D eigenvalue weighted by Crippen LogP contribution is -2.30. The Kier molecular flexibility index (Phi) is 10.7. The van der Waals surface area contributed by atoms with Crippen LogP contribution in [0, 0.1) is 11.3 Å². The summed E-state index contributed by atoms with van der Waals surface area (Å²) >= 11 is 0. The Hall–Kier alpha value is -2.48. The van der Waals surface area contributed by atoms with E-state index in [0.29, 0.717) is 19.0 Å². The van der Waals surface area contributed by atoms with Gasteiger partial charge in [0.15, 0.2) is 0 Å². The molecule has 1 fully saturated rings. The molecule has 5 nitrogen and oxygen atoms in total. The second-order valence-electron chi connectivity index (χ2n) is 7.97. The molecule has 158 valence electrons. The Bertz CT molecular complexity index is 664. The van der Waals surface area contributed by atoms with Crippen LogP contribution in [-0.4, -0.2) is 23.6 Å². The molecule has 1 amide bonds. The molecule has 0 unspecified atom stereocenters. The third-order valence-electron chi connectivity index (χ3n) is 5.57. The zero-order valence-corrected chi connectivity index (χ0v) is 17.5. The van der Waals surface area contributed by atoms with Crippen LogP contribution in [0.4, 0.5) is 0 Å². The minimum absolute atomic E-state index is 0.127. The molecule has 1 saturated carbocycles. The number of rotatable bonds is 6. The molecule has 0 heterocycles. The van der Waals surface area contributed by atoms with Gasteiger partial charge in [-0.15, -0.1) is 0 Å². The lowest BCUT2D eigenvalue weighted by Gasteiger charge is -2.18. The number of nitrogens with one attached hydrogen (secondary N) is 2. The number of nitrogens with zero attached hydrogens (tertiary/aromatic N) is 1. The number of carbonyl (C=O) groups is 1. The fraction of sp³-hybridized carbons (Fsp3) is 0.583. The van der Waals surface area contributed by atoms with Crippen LogP contribution in [0.3, 0.4) is 0 Å². The van der Waals surface area contributed by atoms with Crippen molar-refractivity contribution in [2.45, 2.75) is 83.1 Å². The highest BCUT2D eigenvalue weighted by atomic mass is 16.3. The first-order valence-electron chi connectivity index (χ1n) is 11.1. The van der Waals surface area contributed by atoms with E-state index in [1.165, 1.54) is 57.8 Å². The summed E-state index contributed by atoms with van der Waals surface area (Å²) in [7, 11) is 0. The Balaban J connectivity index is 1.79. The molecule has 1 aliphatic carbocycles. The highest BCUT2D eigenvalue weighted by molar-refractivity contribution is 5.97. The fourth-order valence-corrected chi connectivity index (χ4v) is 3.76. The van der Waals surface area contributed by atoms with E-state index in [1.807, 2.05) is 18.2 Å². The molecule has 1 aromatic rings. The van der Waals surface area contributed by atoms with Crippen molar-refractivity contribution in [1.82, 2.24) is 10.6 Å². The number of amides is 1. The molecule has 0 bridgehead atoms. The summed E-state index contributed by atoms with van der Waals surface area (Å²) in [6.45, 7) is 0.450. The molecule has 0 aromatic heterocycles. The van der Waals surface area contributed by atoms with E-state index in [1.54, 1.807) is 18.3 Å². The van der Waals surface area contributed by atoms with Crippen molar-refractivity contribution in [2.24, 2.45) is 0 Å². The van der Waals surface area contributed by atoms with E-state index in [0.717, 1.165) is 18.4 Å². The molecule has 0 aliphatic heterocycles. The largest absolute Gasteiger partial charge is 0.508 e. The molecule has 5 heteroatoms. The molecular weight excluding hydrogens is 362 g/mol. The lowest BCUT2D eigenvalue weighted by atomic mass is 9.98. The van der Waals surface area contributed by atoms with E-state index >= 15 is 0 Å². The second-order valence-corrected chi connectivity index (χ2v) is 7.97. The van der Waals surface area contributed by atoms with E-state index < -0.39 is 0 Å². The Morgan fingerprint density at radius 1 is 1.00 bits per heavy atom. The molecule has 29 heavy (non-hydrogen) atoms. The van der Waals surface area contributed by atoms with Gasteiger partial charge in [0.25, 0.3) is 5.91 Å². The standard InChI is InChI=1S/C24H35N3O2/c25-18-21(24(29)26-17-16-20-12-14-23(28)15-13-20)19-27-22-10-8-6-4-2-1-3-5-7-9-11-22/h12-15,19,22,27-28H,1-11,16-17H2,(H,26,29)/b21-19-. The molecule has 0 atom stereocenters. The maximum atomic E-state index is 12.3. The monoisotopic (exact) mass is 397 g/mol. The van der Waals surface area contributed by atoms with Gasteiger partial charge in [0.2, 0.25) is 0 Å². The van der Waals surface area contributed by atoms with Crippen LogP contribution in [0.5, 0.6) is 5.75 Å². The lowest BCUT2D eigenvalue weighted by molar-refractivity contribution is -0.117. The van der Waals surface area contributed by atoms with Gasteiger partial charge in [0.05, 0.1) is 0 Å². The maximum absolute atomic E-state index is 12.3. The van der Waals surface area contributed by atoms with Crippen LogP contribution in [-0.2, 0) is 11.2 Å². The third kappa shape index (κ3) is 9.51. The van der Waals surface area contributed by atoms with Gasteiger partial charge in [-0.25, -0.2) is 0 Å². The molecule has 2 rings (SSSR count). The quantitative estimate of drug-likeness (QED) is 0.479. The Morgan fingerprint density at radius 2 is 1.55 bits per heavy atom. The van der Waals surface area contributed by atoms with Gasteiger partial charge < -0.3 is 15.7 Å². The van der Waals surface area contributed by atoms with Crippen LogP contribution in [0.15, 0.2) is 36.0 Å². The molecule has 1 aromatic carbocycles. The summed E-state index contributed by atoms with van der Waals surface area (Å²) in [6.07, 6.45) is 16.1. The molecule has 3 N–H and O–H groups in total. The fourth-order valence-electron chi connectivity index (χ4n) is 3.76. The van der Waals surface area contributed by atoms with E-state index in [4.69, 9.17) is 0 Å². The van der Waals surface area contributed by atoms with Gasteiger partial charge in [-0.05, 0) is 37.0 Å². The number of phenols is 1. The van der Waals surface area contributed by atoms with Crippen LogP contribution < -0.4 is 10.6 Å².